The Labute approximate surface area is 164 Å². The van der Waals surface area contributed by atoms with Crippen LogP contribution in [-0.4, -0.2) is 41.5 Å². The van der Waals surface area contributed by atoms with E-state index >= 15 is 0 Å². The van der Waals surface area contributed by atoms with Crippen LogP contribution >= 0.6 is 0 Å². The van der Waals surface area contributed by atoms with Crippen molar-refractivity contribution in [3.63, 3.8) is 0 Å². The van der Waals surface area contributed by atoms with Crippen molar-refractivity contribution >= 4 is 17.4 Å². The molecule has 2 aromatic heterocycles. The number of rotatable bonds is 4. The van der Waals surface area contributed by atoms with E-state index in [0.717, 1.165) is 53.5 Å². The molecule has 0 saturated carbocycles. The molecule has 3 aromatic rings. The van der Waals surface area contributed by atoms with E-state index in [1.807, 2.05) is 42.6 Å². The van der Waals surface area contributed by atoms with Crippen LogP contribution in [0.15, 0.2) is 54.9 Å². The van der Waals surface area contributed by atoms with Crippen LogP contribution < -0.4 is 10.1 Å². The molecule has 0 radical (unpaired) electrons. The Bertz CT molecular complexity index is 982. The molecule has 1 aliphatic heterocycles. The van der Waals surface area contributed by atoms with Crippen LogP contribution in [0.3, 0.4) is 0 Å². The van der Waals surface area contributed by atoms with E-state index in [-0.39, 0.29) is 5.91 Å². The van der Waals surface area contributed by atoms with Crippen molar-refractivity contribution in [3.8, 4) is 17.0 Å². The molecule has 0 bridgehead atoms. The van der Waals surface area contributed by atoms with E-state index in [1.54, 1.807) is 25.2 Å². The van der Waals surface area contributed by atoms with Crippen molar-refractivity contribution in [2.75, 3.05) is 26.0 Å². The van der Waals surface area contributed by atoms with Gasteiger partial charge in [0, 0.05) is 37.0 Å². The Morgan fingerprint density at radius 2 is 1.82 bits per heavy atom. The highest BCUT2D eigenvalue weighted by Gasteiger charge is 2.12. The maximum atomic E-state index is 12.0. The molecule has 6 heteroatoms. The number of ether oxygens (including phenoxy) is 1. The quantitative estimate of drug-likeness (QED) is 0.750. The van der Waals surface area contributed by atoms with Crippen LogP contribution in [0.2, 0.25) is 0 Å². The van der Waals surface area contributed by atoms with Crippen molar-refractivity contribution in [1.82, 2.24) is 14.9 Å². The van der Waals surface area contributed by atoms with Gasteiger partial charge in [0.1, 0.15) is 5.82 Å². The number of hydrogen-bond donors (Lipinski definition) is 1. The van der Waals surface area contributed by atoms with E-state index in [9.17, 15) is 4.79 Å². The normalized spacial score (nSPS) is 12.6. The summed E-state index contributed by atoms with van der Waals surface area (Å²) in [7, 11) is 3.49. The van der Waals surface area contributed by atoms with Gasteiger partial charge in [-0.15, -0.1) is 0 Å². The molecule has 0 atom stereocenters. The minimum Gasteiger partial charge on any atom is -0.477 e. The number of carbonyl (C=O) groups excluding carboxylic acids is 1. The molecular weight excluding hydrogens is 352 g/mol. The molecular formula is C22H22N4O2. The molecule has 0 spiro atoms. The summed E-state index contributed by atoms with van der Waals surface area (Å²) in [6.45, 7) is 0.736. The van der Waals surface area contributed by atoms with Gasteiger partial charge in [0.25, 0.3) is 5.91 Å². The van der Waals surface area contributed by atoms with Gasteiger partial charge in [-0.05, 0) is 48.7 Å². The average Bonchev–Trinajstić information content (AvgIpc) is 2.74. The Hall–Kier alpha value is -3.41. The predicted octanol–water partition coefficient (Wildman–Crippen LogP) is 3.91. The first-order valence-corrected chi connectivity index (χ1v) is 9.27. The minimum atomic E-state index is -0.00622. The first-order valence-electron chi connectivity index (χ1n) is 9.27. The molecule has 142 valence electrons. The van der Waals surface area contributed by atoms with Gasteiger partial charge in [0.15, 0.2) is 0 Å². The molecule has 0 aliphatic carbocycles. The van der Waals surface area contributed by atoms with Gasteiger partial charge in [-0.3, -0.25) is 4.79 Å². The molecule has 0 saturated heterocycles. The van der Waals surface area contributed by atoms with E-state index < -0.39 is 0 Å². The zero-order valence-corrected chi connectivity index (χ0v) is 16.0. The zero-order valence-electron chi connectivity index (χ0n) is 16.0. The van der Waals surface area contributed by atoms with Crippen molar-refractivity contribution < 1.29 is 9.53 Å². The first-order chi connectivity index (χ1) is 13.6. The van der Waals surface area contributed by atoms with Crippen molar-refractivity contribution in [2.24, 2.45) is 0 Å². The largest absolute Gasteiger partial charge is 0.477 e. The summed E-state index contributed by atoms with van der Waals surface area (Å²) in [6.07, 6.45) is 5.58. The predicted molar refractivity (Wildman–Crippen MR) is 109 cm³/mol. The zero-order chi connectivity index (χ0) is 19.5. The summed E-state index contributed by atoms with van der Waals surface area (Å²) < 4.78 is 5.55. The van der Waals surface area contributed by atoms with Crippen LogP contribution in [0.5, 0.6) is 5.88 Å². The Morgan fingerprint density at radius 1 is 1.04 bits per heavy atom. The van der Waals surface area contributed by atoms with Gasteiger partial charge >= 0.3 is 0 Å². The number of anilines is 2. The minimum absolute atomic E-state index is 0.00622. The maximum Gasteiger partial charge on any atom is 0.253 e. The number of nitrogens with one attached hydrogen (secondary N) is 1. The number of pyridine rings is 2. The van der Waals surface area contributed by atoms with Crippen molar-refractivity contribution in [1.29, 1.82) is 0 Å². The highest BCUT2D eigenvalue weighted by atomic mass is 16.5. The van der Waals surface area contributed by atoms with E-state index in [2.05, 4.69) is 21.4 Å². The number of carbonyl (C=O) groups is 1. The lowest BCUT2D eigenvalue weighted by Crippen LogP contribution is -2.21. The summed E-state index contributed by atoms with van der Waals surface area (Å²) in [4.78, 5) is 22.4. The standard InChI is InChI=1S/C22H22N4O2/c1-26(2)22(27)16-7-5-15(6-8-16)18-9-10-20(23-13-18)25-19-12-17-4-3-11-28-21(17)24-14-19/h5-10,12-14H,3-4,11H2,1-2H3,(H,23,25). The highest BCUT2D eigenvalue weighted by molar-refractivity contribution is 5.94. The summed E-state index contributed by atoms with van der Waals surface area (Å²) in [5, 5.41) is 3.29. The van der Waals surface area contributed by atoms with Gasteiger partial charge in [0.2, 0.25) is 5.88 Å². The molecule has 28 heavy (non-hydrogen) atoms. The first kappa shape index (κ1) is 18.0. The van der Waals surface area contributed by atoms with E-state index in [1.165, 1.54) is 0 Å². The lowest BCUT2D eigenvalue weighted by molar-refractivity contribution is 0.0827. The number of benzene rings is 1. The molecule has 3 heterocycles. The number of nitrogens with zero attached hydrogens (tertiary/aromatic N) is 3. The summed E-state index contributed by atoms with van der Waals surface area (Å²) in [6, 6.07) is 13.6. The van der Waals surface area contributed by atoms with Crippen molar-refractivity contribution in [3.05, 3.63) is 66.0 Å². The highest BCUT2D eigenvalue weighted by Crippen LogP contribution is 2.27. The third-order valence-electron chi connectivity index (χ3n) is 4.66. The lowest BCUT2D eigenvalue weighted by atomic mass is 10.1. The van der Waals surface area contributed by atoms with Crippen LogP contribution in [0.25, 0.3) is 11.1 Å². The van der Waals surface area contributed by atoms with Gasteiger partial charge < -0.3 is 15.0 Å². The lowest BCUT2D eigenvalue weighted by Gasteiger charge is -2.16. The average molecular weight is 374 g/mol. The van der Waals surface area contributed by atoms with E-state index in [4.69, 9.17) is 4.74 Å². The summed E-state index contributed by atoms with van der Waals surface area (Å²) in [5.41, 5.74) is 4.70. The van der Waals surface area contributed by atoms with Gasteiger partial charge in [0.05, 0.1) is 18.5 Å². The number of fused-ring (bicyclic) bond motifs is 1. The Balaban J connectivity index is 1.47. The monoisotopic (exact) mass is 374 g/mol. The maximum absolute atomic E-state index is 12.0. The molecule has 1 aliphatic rings. The molecule has 6 nitrogen and oxygen atoms in total. The molecule has 0 fully saturated rings. The van der Waals surface area contributed by atoms with Gasteiger partial charge in [-0.1, -0.05) is 12.1 Å². The van der Waals surface area contributed by atoms with Gasteiger partial charge in [-0.25, -0.2) is 9.97 Å². The second-order valence-corrected chi connectivity index (χ2v) is 6.97. The summed E-state index contributed by atoms with van der Waals surface area (Å²) in [5.74, 6) is 1.48. The molecule has 4 rings (SSSR count). The molecule has 1 N–H and O–H groups in total. The van der Waals surface area contributed by atoms with E-state index in [0.29, 0.717) is 5.56 Å². The number of aryl methyl sites for hydroxylation is 1. The molecule has 0 unspecified atom stereocenters. The smallest absolute Gasteiger partial charge is 0.253 e. The summed E-state index contributed by atoms with van der Waals surface area (Å²) >= 11 is 0. The van der Waals surface area contributed by atoms with Crippen LogP contribution in [-0.2, 0) is 6.42 Å². The van der Waals surface area contributed by atoms with Crippen LogP contribution in [0.4, 0.5) is 11.5 Å². The number of aromatic nitrogens is 2. The number of amides is 1. The van der Waals surface area contributed by atoms with Crippen molar-refractivity contribution in [2.45, 2.75) is 12.8 Å². The SMILES string of the molecule is CN(C)C(=O)c1ccc(-c2ccc(Nc3cnc4c(c3)CCCO4)nc2)cc1. The second kappa shape index (κ2) is 7.68. The third-order valence-corrected chi connectivity index (χ3v) is 4.66. The van der Waals surface area contributed by atoms with Crippen LogP contribution in [0, 0.1) is 0 Å². The topological polar surface area (TPSA) is 67.4 Å². The Kier molecular flexibility index (Phi) is 4.93. The molecule has 1 aromatic carbocycles. The van der Waals surface area contributed by atoms with Gasteiger partial charge in [-0.2, -0.15) is 0 Å². The fraction of sp³-hybridized carbons (Fsp3) is 0.227. The molecule has 1 amide bonds. The van der Waals surface area contributed by atoms with Crippen LogP contribution in [0.1, 0.15) is 22.3 Å². The number of hydrogen-bond acceptors (Lipinski definition) is 5. The second-order valence-electron chi connectivity index (χ2n) is 6.97. The third kappa shape index (κ3) is 3.81. The fourth-order valence-electron chi connectivity index (χ4n) is 3.16. The Morgan fingerprint density at radius 3 is 2.54 bits per heavy atom. The fourth-order valence-corrected chi connectivity index (χ4v) is 3.16.